The van der Waals surface area contributed by atoms with Gasteiger partial charge >= 0.3 is 0 Å². The molecule has 1 amide bonds. The van der Waals surface area contributed by atoms with Crippen LogP contribution in [0.1, 0.15) is 12.5 Å². The Balaban J connectivity index is 2.51. The zero-order chi connectivity index (χ0) is 15.6. The van der Waals surface area contributed by atoms with E-state index in [2.05, 4.69) is 10.1 Å². The molecule has 0 radical (unpaired) electrons. The molecule has 8 heteroatoms. The number of halogens is 2. The number of rotatable bonds is 5. The molecule has 0 unspecified atom stereocenters. The Morgan fingerprint density at radius 2 is 2.24 bits per heavy atom. The number of hydrogen-bond donors (Lipinski definition) is 2. The number of aromatic nitrogens is 3. The number of carbonyl (C=O) groups is 1. The van der Waals surface area contributed by atoms with Crippen LogP contribution in [0.5, 0.6) is 0 Å². The van der Waals surface area contributed by atoms with Gasteiger partial charge in [-0.2, -0.15) is 5.10 Å². The molecule has 0 aliphatic rings. The van der Waals surface area contributed by atoms with Gasteiger partial charge in [0, 0.05) is 15.6 Å². The number of benzene rings is 1. The van der Waals surface area contributed by atoms with Crippen molar-refractivity contribution in [1.29, 1.82) is 0 Å². The highest BCUT2D eigenvalue weighted by Crippen LogP contribution is 2.37. The summed E-state index contributed by atoms with van der Waals surface area (Å²) in [5.41, 5.74) is 4.09. The Bertz CT molecular complexity index is 648. The minimum atomic E-state index is -1.62. The molecule has 21 heavy (non-hydrogen) atoms. The first-order valence-corrected chi connectivity index (χ1v) is 6.90. The third-order valence-electron chi connectivity index (χ3n) is 3.41. The van der Waals surface area contributed by atoms with Crippen LogP contribution in [0.25, 0.3) is 0 Å². The van der Waals surface area contributed by atoms with Crippen molar-refractivity contribution in [2.75, 3.05) is 0 Å². The Morgan fingerprint density at radius 3 is 2.76 bits per heavy atom. The minimum Gasteiger partial charge on any atom is -0.382 e. The van der Waals surface area contributed by atoms with E-state index in [-0.39, 0.29) is 11.6 Å². The van der Waals surface area contributed by atoms with Crippen molar-refractivity contribution in [3.8, 4) is 0 Å². The van der Waals surface area contributed by atoms with E-state index in [9.17, 15) is 9.90 Å². The normalized spacial score (nSPS) is 15.4. The summed E-state index contributed by atoms with van der Waals surface area (Å²) in [6.45, 7) is 1.52. The van der Waals surface area contributed by atoms with Gasteiger partial charge in [0.05, 0.1) is 12.5 Å². The Hall–Kier alpha value is -1.63. The maximum Gasteiger partial charge on any atom is 0.223 e. The molecule has 3 N–H and O–H groups in total. The highest BCUT2D eigenvalue weighted by molar-refractivity contribution is 6.35. The van der Waals surface area contributed by atoms with Gasteiger partial charge in [0.25, 0.3) is 0 Å². The Kier molecular flexibility index (Phi) is 4.51. The molecule has 0 fully saturated rings. The summed E-state index contributed by atoms with van der Waals surface area (Å²) in [5, 5.41) is 15.7. The zero-order valence-electron chi connectivity index (χ0n) is 11.2. The van der Waals surface area contributed by atoms with Gasteiger partial charge in [0.15, 0.2) is 0 Å². The molecule has 1 aromatic carbocycles. The molecule has 1 heterocycles. The fraction of sp³-hybridized carbons (Fsp3) is 0.308. The van der Waals surface area contributed by atoms with Crippen molar-refractivity contribution >= 4 is 29.1 Å². The van der Waals surface area contributed by atoms with Crippen LogP contribution < -0.4 is 5.73 Å². The number of primary amides is 1. The van der Waals surface area contributed by atoms with Crippen LogP contribution in [0.15, 0.2) is 30.9 Å². The average molecular weight is 329 g/mol. The van der Waals surface area contributed by atoms with Gasteiger partial charge < -0.3 is 10.8 Å². The minimum absolute atomic E-state index is 0.0154. The molecule has 0 aliphatic carbocycles. The SMILES string of the molecule is C[C@@H](C(N)=O)[C@](O)(Cn1cncn1)c1ccc(Cl)cc1Cl. The van der Waals surface area contributed by atoms with E-state index in [0.717, 1.165) is 0 Å². The molecule has 6 nitrogen and oxygen atoms in total. The summed E-state index contributed by atoms with van der Waals surface area (Å²) in [6, 6.07) is 4.66. The van der Waals surface area contributed by atoms with Crippen molar-refractivity contribution < 1.29 is 9.90 Å². The van der Waals surface area contributed by atoms with E-state index in [1.54, 1.807) is 12.1 Å². The van der Waals surface area contributed by atoms with Crippen molar-refractivity contribution in [3.63, 3.8) is 0 Å². The van der Waals surface area contributed by atoms with Crippen molar-refractivity contribution in [1.82, 2.24) is 14.8 Å². The first kappa shape index (κ1) is 15.8. The smallest absolute Gasteiger partial charge is 0.223 e. The molecule has 112 valence electrons. The summed E-state index contributed by atoms with van der Waals surface area (Å²) in [7, 11) is 0. The molecule has 2 aromatic rings. The standard InChI is InChI=1S/C13H14Cl2N4O2/c1-8(12(16)20)13(21,5-19-7-17-6-18-19)10-3-2-9(14)4-11(10)15/h2-4,6-8,21H,5H2,1H3,(H2,16,20)/t8-,13+/m0/s1. The summed E-state index contributed by atoms with van der Waals surface area (Å²) < 4.78 is 1.41. The fourth-order valence-electron chi connectivity index (χ4n) is 2.09. The summed E-state index contributed by atoms with van der Waals surface area (Å²) in [5.74, 6) is -1.54. The lowest BCUT2D eigenvalue weighted by molar-refractivity contribution is -0.132. The van der Waals surface area contributed by atoms with E-state index < -0.39 is 17.4 Å². The molecule has 0 spiro atoms. The highest BCUT2D eigenvalue weighted by atomic mass is 35.5. The van der Waals surface area contributed by atoms with Crippen LogP contribution in [-0.4, -0.2) is 25.8 Å². The van der Waals surface area contributed by atoms with E-state index in [0.29, 0.717) is 10.6 Å². The van der Waals surface area contributed by atoms with Crippen LogP contribution in [0.3, 0.4) is 0 Å². The summed E-state index contributed by atoms with van der Waals surface area (Å²) in [6.07, 6.45) is 2.77. The van der Waals surface area contributed by atoms with Crippen LogP contribution in [0.4, 0.5) is 0 Å². The zero-order valence-corrected chi connectivity index (χ0v) is 12.7. The molecule has 1 aromatic heterocycles. The molecule has 2 atom stereocenters. The lowest BCUT2D eigenvalue weighted by Crippen LogP contribution is -2.44. The van der Waals surface area contributed by atoms with Gasteiger partial charge in [-0.15, -0.1) is 0 Å². The van der Waals surface area contributed by atoms with Gasteiger partial charge in [-0.05, 0) is 12.1 Å². The van der Waals surface area contributed by atoms with Gasteiger partial charge in [-0.3, -0.25) is 4.79 Å². The topological polar surface area (TPSA) is 94.0 Å². The van der Waals surface area contributed by atoms with Crippen LogP contribution in [0.2, 0.25) is 10.0 Å². The van der Waals surface area contributed by atoms with Crippen LogP contribution in [-0.2, 0) is 16.9 Å². The Morgan fingerprint density at radius 1 is 1.52 bits per heavy atom. The second-order valence-electron chi connectivity index (χ2n) is 4.77. The first-order valence-electron chi connectivity index (χ1n) is 6.14. The second-order valence-corrected chi connectivity index (χ2v) is 5.61. The van der Waals surface area contributed by atoms with E-state index in [4.69, 9.17) is 28.9 Å². The van der Waals surface area contributed by atoms with Crippen LogP contribution in [0, 0.1) is 5.92 Å². The van der Waals surface area contributed by atoms with Crippen molar-refractivity contribution in [2.45, 2.75) is 19.1 Å². The third kappa shape index (κ3) is 3.18. The van der Waals surface area contributed by atoms with Crippen molar-refractivity contribution in [2.24, 2.45) is 11.7 Å². The molecular weight excluding hydrogens is 315 g/mol. The molecule has 0 aliphatic heterocycles. The van der Waals surface area contributed by atoms with E-state index in [1.807, 2.05) is 0 Å². The number of carbonyl (C=O) groups excluding carboxylic acids is 1. The molecule has 0 saturated heterocycles. The predicted octanol–water partition coefficient (Wildman–Crippen LogP) is 1.59. The van der Waals surface area contributed by atoms with E-state index >= 15 is 0 Å². The average Bonchev–Trinajstić information content (AvgIpc) is 2.89. The van der Waals surface area contributed by atoms with Gasteiger partial charge in [0.1, 0.15) is 18.3 Å². The Labute approximate surface area is 131 Å². The maximum atomic E-state index is 11.6. The predicted molar refractivity (Wildman–Crippen MR) is 78.7 cm³/mol. The lowest BCUT2D eigenvalue weighted by Gasteiger charge is -2.33. The molecule has 0 bridgehead atoms. The first-order chi connectivity index (χ1) is 9.84. The summed E-state index contributed by atoms with van der Waals surface area (Å²) >= 11 is 12.0. The van der Waals surface area contributed by atoms with E-state index in [1.165, 1.54) is 30.3 Å². The number of nitrogens with zero attached hydrogens (tertiary/aromatic N) is 3. The van der Waals surface area contributed by atoms with Gasteiger partial charge in [-0.25, -0.2) is 9.67 Å². The number of amides is 1. The van der Waals surface area contributed by atoms with Gasteiger partial charge in [0.2, 0.25) is 5.91 Å². The largest absolute Gasteiger partial charge is 0.382 e. The monoisotopic (exact) mass is 328 g/mol. The lowest BCUT2D eigenvalue weighted by atomic mass is 9.81. The highest BCUT2D eigenvalue weighted by Gasteiger charge is 2.41. The van der Waals surface area contributed by atoms with Gasteiger partial charge in [-0.1, -0.05) is 36.2 Å². The number of nitrogens with two attached hydrogens (primary N) is 1. The van der Waals surface area contributed by atoms with Crippen LogP contribution >= 0.6 is 23.2 Å². The quantitative estimate of drug-likeness (QED) is 0.871. The maximum absolute atomic E-state index is 11.6. The third-order valence-corrected chi connectivity index (χ3v) is 3.96. The molecule has 2 rings (SSSR count). The number of aliphatic hydroxyl groups is 1. The second kappa shape index (κ2) is 6.01. The van der Waals surface area contributed by atoms with Crippen molar-refractivity contribution in [3.05, 3.63) is 46.5 Å². The fourth-order valence-corrected chi connectivity index (χ4v) is 2.66. The molecule has 0 saturated carbocycles. The summed E-state index contributed by atoms with van der Waals surface area (Å²) in [4.78, 5) is 15.4. The molecular formula is C13H14Cl2N4O2. The number of hydrogen-bond acceptors (Lipinski definition) is 4.